The monoisotopic (exact) mass is 322 g/mol. The second-order valence-electron chi connectivity index (χ2n) is 4.95. The molecule has 0 aliphatic rings. The quantitative estimate of drug-likeness (QED) is 0.627. The number of rotatable bonds is 7. The predicted molar refractivity (Wildman–Crippen MR) is 85.0 cm³/mol. The summed E-state index contributed by atoms with van der Waals surface area (Å²) in [5, 5.41) is 13.5. The third-order valence-electron chi connectivity index (χ3n) is 3.35. The van der Waals surface area contributed by atoms with Crippen LogP contribution in [-0.4, -0.2) is 30.9 Å². The summed E-state index contributed by atoms with van der Waals surface area (Å²) >= 11 is 5.30. The van der Waals surface area contributed by atoms with Gasteiger partial charge in [-0.05, 0) is 18.3 Å². The van der Waals surface area contributed by atoms with Crippen molar-refractivity contribution in [2.24, 2.45) is 7.05 Å². The molecule has 118 valence electrons. The molecule has 0 amide bonds. The number of halogens is 1. The van der Waals surface area contributed by atoms with Crippen LogP contribution in [0.3, 0.4) is 0 Å². The van der Waals surface area contributed by atoms with E-state index in [4.69, 9.17) is 12.2 Å². The van der Waals surface area contributed by atoms with Gasteiger partial charge in [0.2, 0.25) is 0 Å². The summed E-state index contributed by atoms with van der Waals surface area (Å²) < 4.78 is 17.6. The summed E-state index contributed by atoms with van der Waals surface area (Å²) in [6.45, 7) is 4.94. The second kappa shape index (κ2) is 7.44. The largest absolute Gasteiger partial charge is 0.388 e. The van der Waals surface area contributed by atoms with E-state index in [0.29, 0.717) is 35.9 Å². The lowest BCUT2D eigenvalue weighted by molar-refractivity contribution is 0.213. The van der Waals surface area contributed by atoms with Gasteiger partial charge in [0.05, 0.1) is 6.67 Å². The van der Waals surface area contributed by atoms with Crippen molar-refractivity contribution >= 4 is 12.2 Å². The highest BCUT2D eigenvalue weighted by atomic mass is 32.1. The molecule has 2 aromatic rings. The molecule has 1 N–H and O–H groups in total. The van der Waals surface area contributed by atoms with E-state index in [1.54, 1.807) is 40.6 Å². The van der Waals surface area contributed by atoms with Crippen LogP contribution in [-0.2, 0) is 26.9 Å². The first-order valence-electron chi connectivity index (χ1n) is 6.87. The molecular formula is C15H19FN4OS. The second-order valence-corrected chi connectivity index (χ2v) is 5.31. The van der Waals surface area contributed by atoms with Crippen LogP contribution in [0.15, 0.2) is 36.9 Å². The van der Waals surface area contributed by atoms with Gasteiger partial charge >= 0.3 is 0 Å². The van der Waals surface area contributed by atoms with Crippen molar-refractivity contribution in [1.82, 2.24) is 19.2 Å². The zero-order valence-corrected chi connectivity index (χ0v) is 13.3. The van der Waals surface area contributed by atoms with Crippen molar-refractivity contribution in [1.29, 1.82) is 0 Å². The molecule has 0 atom stereocenters. The summed E-state index contributed by atoms with van der Waals surface area (Å²) in [5.74, 6) is 0.256. The Hall–Kier alpha value is -1.83. The Labute approximate surface area is 133 Å². The smallest absolute Gasteiger partial charge is 0.198 e. The summed E-state index contributed by atoms with van der Waals surface area (Å²) in [5.41, 5.74) is 0.606. The maximum absolute atomic E-state index is 13.8. The Kier molecular flexibility index (Phi) is 5.59. The zero-order chi connectivity index (χ0) is 16.1. The van der Waals surface area contributed by atoms with Gasteiger partial charge in [0.25, 0.3) is 0 Å². The Morgan fingerprint density at radius 3 is 2.77 bits per heavy atom. The molecule has 0 radical (unpaired) electrons. The molecule has 0 aliphatic heterocycles. The van der Waals surface area contributed by atoms with E-state index in [1.165, 1.54) is 6.07 Å². The minimum absolute atomic E-state index is 0.179. The lowest BCUT2D eigenvalue weighted by Crippen LogP contribution is -2.27. The van der Waals surface area contributed by atoms with Crippen LogP contribution >= 0.6 is 12.2 Å². The van der Waals surface area contributed by atoms with Crippen LogP contribution in [0.5, 0.6) is 0 Å². The number of aliphatic hydroxyl groups excluding tert-OH is 1. The first kappa shape index (κ1) is 16.5. The topological polar surface area (TPSA) is 46.2 Å². The van der Waals surface area contributed by atoms with Gasteiger partial charge in [-0.3, -0.25) is 4.90 Å². The Morgan fingerprint density at radius 2 is 2.18 bits per heavy atom. The molecule has 0 aliphatic carbocycles. The average Bonchev–Trinajstić information content (AvgIpc) is 2.77. The maximum Gasteiger partial charge on any atom is 0.198 e. The highest BCUT2D eigenvalue weighted by Crippen LogP contribution is 2.11. The highest BCUT2D eigenvalue weighted by Gasteiger charge is 2.12. The van der Waals surface area contributed by atoms with E-state index in [0.717, 1.165) is 0 Å². The molecule has 5 nitrogen and oxygen atoms in total. The molecule has 0 saturated heterocycles. The fourth-order valence-electron chi connectivity index (χ4n) is 2.17. The Morgan fingerprint density at radius 1 is 1.45 bits per heavy atom. The minimum atomic E-state index is -0.239. The van der Waals surface area contributed by atoms with E-state index >= 15 is 0 Å². The van der Waals surface area contributed by atoms with Crippen LogP contribution in [0.2, 0.25) is 0 Å². The fourth-order valence-corrected chi connectivity index (χ4v) is 2.38. The van der Waals surface area contributed by atoms with Crippen LogP contribution in [0.25, 0.3) is 0 Å². The van der Waals surface area contributed by atoms with Crippen LogP contribution in [0, 0.1) is 10.6 Å². The van der Waals surface area contributed by atoms with Crippen molar-refractivity contribution in [3.63, 3.8) is 0 Å². The molecule has 1 aromatic heterocycles. The SMILES string of the molecule is C=CCN(Cc1ccccc1F)Cn1nc(CO)n(C)c1=S. The summed E-state index contributed by atoms with van der Waals surface area (Å²) in [6, 6.07) is 6.67. The Bertz CT molecular complexity index is 710. The zero-order valence-electron chi connectivity index (χ0n) is 12.4. The number of hydrogen-bond donors (Lipinski definition) is 1. The summed E-state index contributed by atoms with van der Waals surface area (Å²) in [6.07, 6.45) is 1.75. The minimum Gasteiger partial charge on any atom is -0.388 e. The van der Waals surface area contributed by atoms with Crippen molar-refractivity contribution in [3.8, 4) is 0 Å². The van der Waals surface area contributed by atoms with Crippen LogP contribution in [0.1, 0.15) is 11.4 Å². The standard InChI is InChI=1S/C15H19FN4OS/c1-3-8-19(9-12-6-4-5-7-13(12)16)11-20-15(22)18(2)14(10-21)17-20/h3-7,21H,1,8-11H2,2H3. The third kappa shape index (κ3) is 3.68. The molecule has 0 saturated carbocycles. The number of nitrogens with zero attached hydrogens (tertiary/aromatic N) is 4. The van der Waals surface area contributed by atoms with Gasteiger partial charge in [-0.2, -0.15) is 5.10 Å². The summed E-state index contributed by atoms with van der Waals surface area (Å²) in [4.78, 5) is 1.97. The predicted octanol–water partition coefficient (Wildman–Crippen LogP) is 2.23. The molecule has 0 unspecified atom stereocenters. The number of benzene rings is 1. The van der Waals surface area contributed by atoms with Gasteiger partial charge in [0, 0.05) is 25.7 Å². The molecule has 0 spiro atoms. The van der Waals surface area contributed by atoms with Gasteiger partial charge < -0.3 is 9.67 Å². The number of aliphatic hydroxyl groups is 1. The lowest BCUT2D eigenvalue weighted by atomic mass is 10.2. The molecule has 22 heavy (non-hydrogen) atoms. The number of hydrogen-bond acceptors (Lipinski definition) is 4. The van der Waals surface area contributed by atoms with Gasteiger partial charge in [-0.1, -0.05) is 24.3 Å². The molecule has 2 rings (SSSR count). The molecule has 1 aromatic carbocycles. The van der Waals surface area contributed by atoms with E-state index in [-0.39, 0.29) is 12.4 Å². The van der Waals surface area contributed by atoms with Gasteiger partial charge in [0.1, 0.15) is 12.4 Å². The average molecular weight is 322 g/mol. The van der Waals surface area contributed by atoms with Gasteiger partial charge in [-0.25, -0.2) is 9.07 Å². The normalized spacial score (nSPS) is 11.1. The third-order valence-corrected chi connectivity index (χ3v) is 3.83. The Balaban J connectivity index is 2.21. The van der Waals surface area contributed by atoms with E-state index in [9.17, 15) is 9.50 Å². The van der Waals surface area contributed by atoms with Crippen molar-refractivity contribution in [2.45, 2.75) is 19.8 Å². The molecule has 1 heterocycles. The van der Waals surface area contributed by atoms with E-state index in [2.05, 4.69) is 11.7 Å². The molecule has 0 fully saturated rings. The van der Waals surface area contributed by atoms with E-state index in [1.807, 2.05) is 4.90 Å². The maximum atomic E-state index is 13.8. The van der Waals surface area contributed by atoms with Crippen LogP contribution < -0.4 is 0 Å². The first-order valence-corrected chi connectivity index (χ1v) is 7.28. The molecule has 7 heteroatoms. The lowest BCUT2D eigenvalue weighted by Gasteiger charge is -2.20. The first-order chi connectivity index (χ1) is 10.6. The van der Waals surface area contributed by atoms with Gasteiger partial charge in [0.15, 0.2) is 10.6 Å². The van der Waals surface area contributed by atoms with Crippen LogP contribution in [0.4, 0.5) is 4.39 Å². The van der Waals surface area contributed by atoms with Crippen molar-refractivity contribution in [3.05, 3.63) is 58.9 Å². The van der Waals surface area contributed by atoms with Crippen molar-refractivity contribution in [2.75, 3.05) is 6.54 Å². The molecule has 0 bridgehead atoms. The fraction of sp³-hybridized carbons (Fsp3) is 0.333. The number of aromatic nitrogens is 3. The van der Waals surface area contributed by atoms with E-state index < -0.39 is 0 Å². The highest BCUT2D eigenvalue weighted by molar-refractivity contribution is 7.71. The summed E-state index contributed by atoms with van der Waals surface area (Å²) in [7, 11) is 1.76. The molecular weight excluding hydrogens is 303 g/mol. The van der Waals surface area contributed by atoms with Gasteiger partial charge in [-0.15, -0.1) is 6.58 Å². The van der Waals surface area contributed by atoms with Crippen molar-refractivity contribution < 1.29 is 9.50 Å².